The predicted octanol–water partition coefficient (Wildman–Crippen LogP) is 1.42. The molecule has 0 unspecified atom stereocenters. The fraction of sp³-hybridized carbons (Fsp3) is 0.500. The van der Waals surface area contributed by atoms with Gasteiger partial charge in [0.1, 0.15) is 11.5 Å². The molecule has 8 nitrogen and oxygen atoms in total. The Morgan fingerprint density at radius 2 is 1.93 bits per heavy atom. The summed E-state index contributed by atoms with van der Waals surface area (Å²) in [5.41, 5.74) is 6.10. The number of halogens is 1. The van der Waals surface area contributed by atoms with Crippen molar-refractivity contribution in [3.63, 3.8) is 0 Å². The Labute approximate surface area is 168 Å². The lowest BCUT2D eigenvalue weighted by molar-refractivity contribution is 0.122. The van der Waals surface area contributed by atoms with Gasteiger partial charge in [-0.05, 0) is 24.1 Å². The zero-order valence-electron chi connectivity index (χ0n) is 16.8. The number of morpholine rings is 1. The van der Waals surface area contributed by atoms with Gasteiger partial charge < -0.3 is 20.1 Å². The first-order chi connectivity index (χ1) is 14.0. The monoisotopic (exact) mass is 406 g/mol. The highest BCUT2D eigenvalue weighted by Crippen LogP contribution is 2.20. The lowest BCUT2D eigenvalue weighted by Gasteiger charge is -2.30. The fourth-order valence-electron chi connectivity index (χ4n) is 3.45. The summed E-state index contributed by atoms with van der Waals surface area (Å²) in [6.45, 7) is 4.37. The molecule has 1 fully saturated rings. The van der Waals surface area contributed by atoms with Crippen molar-refractivity contribution in [1.29, 1.82) is 0 Å². The highest BCUT2D eigenvalue weighted by Gasteiger charge is 2.23. The number of nitrogens with two attached hydrogens (primary N) is 1. The van der Waals surface area contributed by atoms with Crippen LogP contribution in [0.4, 0.5) is 15.9 Å². The van der Waals surface area contributed by atoms with Crippen molar-refractivity contribution >= 4 is 11.5 Å². The van der Waals surface area contributed by atoms with E-state index in [2.05, 4.69) is 0 Å². The van der Waals surface area contributed by atoms with E-state index in [9.17, 15) is 14.0 Å². The van der Waals surface area contributed by atoms with Crippen LogP contribution < -0.4 is 26.6 Å². The number of benzene rings is 1. The molecule has 29 heavy (non-hydrogen) atoms. The van der Waals surface area contributed by atoms with Crippen LogP contribution in [0, 0.1) is 5.82 Å². The van der Waals surface area contributed by atoms with Crippen LogP contribution in [0.2, 0.25) is 0 Å². The Kier molecular flexibility index (Phi) is 6.58. The van der Waals surface area contributed by atoms with E-state index in [1.54, 1.807) is 6.07 Å². The Bertz CT molecular complexity index is 980. The molecule has 1 aromatic heterocycles. The van der Waals surface area contributed by atoms with Crippen molar-refractivity contribution in [3.05, 3.63) is 50.4 Å². The Hall–Kier alpha value is -2.81. The fourth-order valence-corrected chi connectivity index (χ4v) is 3.45. The van der Waals surface area contributed by atoms with E-state index < -0.39 is 17.1 Å². The predicted molar refractivity (Wildman–Crippen MR) is 109 cm³/mol. The minimum atomic E-state index is -0.548. The standard InChI is InChI=1S/C20H27FN4O4/c1-3-4-7-24-18(22)17(23-8-10-29-11-9-23)19(26)25(20(24)27)13-14-5-6-16(28-2)15(21)12-14/h5-6,12H,3-4,7-11,13,22H2,1-2H3. The molecule has 0 bridgehead atoms. The number of nitrogens with zero attached hydrogens (tertiary/aromatic N) is 3. The molecular weight excluding hydrogens is 379 g/mol. The molecule has 0 saturated carbocycles. The summed E-state index contributed by atoms with van der Waals surface area (Å²) in [4.78, 5) is 28.1. The van der Waals surface area contributed by atoms with Gasteiger partial charge in [0.25, 0.3) is 5.56 Å². The van der Waals surface area contributed by atoms with Gasteiger partial charge in [-0.1, -0.05) is 19.4 Å². The maximum atomic E-state index is 14.1. The quantitative estimate of drug-likeness (QED) is 0.748. The van der Waals surface area contributed by atoms with Crippen LogP contribution in [0.15, 0.2) is 27.8 Å². The molecule has 0 aliphatic carbocycles. The van der Waals surface area contributed by atoms with E-state index in [-0.39, 0.29) is 18.1 Å². The molecule has 3 rings (SSSR count). The third-order valence-electron chi connectivity index (χ3n) is 5.06. The minimum Gasteiger partial charge on any atom is -0.494 e. The zero-order chi connectivity index (χ0) is 21.0. The van der Waals surface area contributed by atoms with Crippen LogP contribution in [0.5, 0.6) is 5.75 Å². The van der Waals surface area contributed by atoms with Crippen LogP contribution >= 0.6 is 0 Å². The third kappa shape index (κ3) is 4.29. The first-order valence-electron chi connectivity index (χ1n) is 9.76. The number of aromatic nitrogens is 2. The summed E-state index contributed by atoms with van der Waals surface area (Å²) in [5, 5.41) is 0. The minimum absolute atomic E-state index is 0.0532. The van der Waals surface area contributed by atoms with Gasteiger partial charge in [0.05, 0.1) is 26.9 Å². The summed E-state index contributed by atoms with van der Waals surface area (Å²) in [6, 6.07) is 4.38. The Morgan fingerprint density at radius 3 is 2.55 bits per heavy atom. The van der Waals surface area contributed by atoms with Gasteiger partial charge in [-0.15, -0.1) is 0 Å². The van der Waals surface area contributed by atoms with Crippen LogP contribution in [0.25, 0.3) is 0 Å². The second kappa shape index (κ2) is 9.13. The molecule has 9 heteroatoms. The SMILES string of the molecule is CCCCn1c(N)c(N2CCOCC2)c(=O)n(Cc2ccc(OC)c(F)c2)c1=O. The topological polar surface area (TPSA) is 91.7 Å². The first-order valence-corrected chi connectivity index (χ1v) is 9.76. The van der Waals surface area contributed by atoms with Crippen molar-refractivity contribution in [2.75, 3.05) is 44.0 Å². The Balaban J connectivity index is 2.10. The highest BCUT2D eigenvalue weighted by molar-refractivity contribution is 5.63. The lowest BCUT2D eigenvalue weighted by atomic mass is 10.2. The maximum Gasteiger partial charge on any atom is 0.332 e. The smallest absolute Gasteiger partial charge is 0.332 e. The molecule has 1 saturated heterocycles. The number of methoxy groups -OCH3 is 1. The number of hydrogen-bond donors (Lipinski definition) is 1. The summed E-state index contributed by atoms with van der Waals surface area (Å²) >= 11 is 0. The van der Waals surface area contributed by atoms with Gasteiger partial charge in [0.15, 0.2) is 11.6 Å². The number of ether oxygens (including phenoxy) is 2. The lowest BCUT2D eigenvalue weighted by Crippen LogP contribution is -2.47. The van der Waals surface area contributed by atoms with Crippen molar-refractivity contribution < 1.29 is 13.9 Å². The largest absolute Gasteiger partial charge is 0.494 e. The number of nitrogen functional groups attached to an aromatic ring is 1. The van der Waals surface area contributed by atoms with E-state index in [1.165, 1.54) is 23.8 Å². The zero-order valence-corrected chi connectivity index (χ0v) is 16.8. The molecule has 0 radical (unpaired) electrons. The number of rotatable bonds is 7. The van der Waals surface area contributed by atoms with Gasteiger partial charge in [-0.25, -0.2) is 9.18 Å². The molecule has 2 N–H and O–H groups in total. The summed E-state index contributed by atoms with van der Waals surface area (Å²) in [6.07, 6.45) is 1.63. The van der Waals surface area contributed by atoms with Crippen molar-refractivity contribution in [3.8, 4) is 5.75 Å². The second-order valence-corrected chi connectivity index (χ2v) is 6.98. The van der Waals surface area contributed by atoms with Crippen LogP contribution in [-0.4, -0.2) is 42.5 Å². The molecule has 0 spiro atoms. The first kappa shape index (κ1) is 20.9. The van der Waals surface area contributed by atoms with E-state index in [0.717, 1.165) is 17.4 Å². The molecule has 2 heterocycles. The molecule has 0 amide bonds. The van der Waals surface area contributed by atoms with Crippen LogP contribution in [-0.2, 0) is 17.8 Å². The number of hydrogen-bond acceptors (Lipinski definition) is 6. The van der Waals surface area contributed by atoms with Gasteiger partial charge in [0, 0.05) is 19.6 Å². The van der Waals surface area contributed by atoms with Gasteiger partial charge in [0.2, 0.25) is 0 Å². The highest BCUT2D eigenvalue weighted by atomic mass is 19.1. The number of anilines is 2. The summed E-state index contributed by atoms with van der Waals surface area (Å²) in [5.74, 6) is -0.270. The molecule has 158 valence electrons. The normalized spacial score (nSPS) is 14.2. The average molecular weight is 406 g/mol. The van der Waals surface area contributed by atoms with Crippen molar-refractivity contribution in [2.45, 2.75) is 32.9 Å². The Morgan fingerprint density at radius 1 is 1.21 bits per heavy atom. The molecule has 1 aromatic carbocycles. The molecule has 0 atom stereocenters. The molecule has 1 aliphatic rings. The molecule has 1 aliphatic heterocycles. The van der Waals surface area contributed by atoms with Gasteiger partial charge in [-0.2, -0.15) is 0 Å². The third-order valence-corrected chi connectivity index (χ3v) is 5.06. The average Bonchev–Trinajstić information content (AvgIpc) is 2.72. The van der Waals surface area contributed by atoms with Crippen LogP contribution in [0.1, 0.15) is 25.3 Å². The molecular formula is C20H27FN4O4. The van der Waals surface area contributed by atoms with Gasteiger partial charge >= 0.3 is 5.69 Å². The summed E-state index contributed by atoms with van der Waals surface area (Å²) < 4.78 is 27.0. The van der Waals surface area contributed by atoms with E-state index in [4.69, 9.17) is 15.2 Å². The maximum absolute atomic E-state index is 14.1. The second-order valence-electron chi connectivity index (χ2n) is 6.98. The van der Waals surface area contributed by atoms with Crippen LogP contribution in [0.3, 0.4) is 0 Å². The summed E-state index contributed by atoms with van der Waals surface area (Å²) in [7, 11) is 1.38. The van der Waals surface area contributed by atoms with E-state index >= 15 is 0 Å². The van der Waals surface area contributed by atoms with Gasteiger partial charge in [-0.3, -0.25) is 13.9 Å². The van der Waals surface area contributed by atoms with E-state index in [0.29, 0.717) is 44.1 Å². The van der Waals surface area contributed by atoms with Crippen molar-refractivity contribution in [1.82, 2.24) is 9.13 Å². The number of unbranched alkanes of at least 4 members (excludes halogenated alkanes) is 1. The van der Waals surface area contributed by atoms with E-state index in [1.807, 2.05) is 11.8 Å². The van der Waals surface area contributed by atoms with Crippen molar-refractivity contribution in [2.24, 2.45) is 0 Å². The molecule has 2 aromatic rings.